The Morgan fingerprint density at radius 2 is 2.05 bits per heavy atom. The maximum absolute atomic E-state index is 4.80. The highest BCUT2D eigenvalue weighted by atomic mass is 79.9. The van der Waals surface area contributed by atoms with Crippen LogP contribution in [0.4, 0.5) is 10.8 Å². The third-order valence-corrected chi connectivity index (χ3v) is 5.21. The van der Waals surface area contributed by atoms with Crippen molar-refractivity contribution in [3.8, 4) is 0 Å². The van der Waals surface area contributed by atoms with Crippen molar-refractivity contribution >= 4 is 48.3 Å². The number of aromatic nitrogens is 1. The molecular weight excluding hydrogens is 332 g/mol. The van der Waals surface area contributed by atoms with Crippen molar-refractivity contribution in [1.29, 1.82) is 0 Å². The van der Waals surface area contributed by atoms with Crippen LogP contribution in [-0.2, 0) is 6.42 Å². The summed E-state index contributed by atoms with van der Waals surface area (Å²) < 4.78 is 2.34. The molecule has 2 heterocycles. The Morgan fingerprint density at radius 1 is 1.15 bits per heavy atom. The van der Waals surface area contributed by atoms with Gasteiger partial charge in [0.25, 0.3) is 0 Å². The predicted octanol–water partition coefficient (Wildman–Crippen LogP) is 5.14. The second kappa shape index (κ2) is 4.86. The van der Waals surface area contributed by atoms with E-state index >= 15 is 0 Å². The third-order valence-electron chi connectivity index (χ3n) is 3.68. The normalized spacial score (nSPS) is 14.6. The molecule has 3 aromatic rings. The number of aryl methyl sites for hydroxylation is 1. The molecular formula is C16H13BrN2S. The number of para-hydroxylation sites is 1. The van der Waals surface area contributed by atoms with Crippen LogP contribution in [0.3, 0.4) is 0 Å². The summed E-state index contributed by atoms with van der Waals surface area (Å²) in [5, 5.41) is 1.10. The topological polar surface area (TPSA) is 16.1 Å². The van der Waals surface area contributed by atoms with Crippen LogP contribution in [-0.4, -0.2) is 11.5 Å². The average Bonchev–Trinajstić information content (AvgIpc) is 2.89. The van der Waals surface area contributed by atoms with E-state index in [9.17, 15) is 0 Å². The molecule has 20 heavy (non-hydrogen) atoms. The number of nitrogens with zero attached hydrogens (tertiary/aromatic N) is 2. The van der Waals surface area contributed by atoms with Crippen LogP contribution < -0.4 is 4.90 Å². The van der Waals surface area contributed by atoms with Crippen molar-refractivity contribution in [2.45, 2.75) is 12.8 Å². The molecule has 0 N–H and O–H groups in total. The van der Waals surface area contributed by atoms with Gasteiger partial charge in [0.05, 0.1) is 10.2 Å². The molecule has 0 aliphatic carbocycles. The maximum atomic E-state index is 4.80. The van der Waals surface area contributed by atoms with E-state index in [-0.39, 0.29) is 0 Å². The highest BCUT2D eigenvalue weighted by Gasteiger charge is 2.20. The molecule has 1 aromatic heterocycles. The van der Waals surface area contributed by atoms with Gasteiger partial charge in [0, 0.05) is 16.7 Å². The van der Waals surface area contributed by atoms with Gasteiger partial charge in [-0.25, -0.2) is 4.98 Å². The molecule has 0 spiro atoms. The van der Waals surface area contributed by atoms with Gasteiger partial charge in [-0.05, 0) is 42.7 Å². The first kappa shape index (κ1) is 12.4. The van der Waals surface area contributed by atoms with Crippen LogP contribution in [0.25, 0.3) is 10.2 Å². The molecule has 0 saturated carbocycles. The molecule has 4 rings (SSSR count). The summed E-state index contributed by atoms with van der Waals surface area (Å²) in [5.41, 5.74) is 3.83. The first-order valence-corrected chi connectivity index (χ1v) is 8.34. The fourth-order valence-electron chi connectivity index (χ4n) is 2.73. The van der Waals surface area contributed by atoms with E-state index in [1.807, 2.05) is 0 Å². The molecule has 1 aliphatic rings. The lowest BCUT2D eigenvalue weighted by Crippen LogP contribution is -2.24. The van der Waals surface area contributed by atoms with E-state index in [1.165, 1.54) is 28.8 Å². The fraction of sp³-hybridized carbons (Fsp3) is 0.188. The third kappa shape index (κ3) is 2.03. The monoisotopic (exact) mass is 344 g/mol. The molecule has 0 amide bonds. The lowest BCUT2D eigenvalue weighted by Gasteiger charge is -2.28. The first-order valence-electron chi connectivity index (χ1n) is 6.73. The number of benzene rings is 2. The summed E-state index contributed by atoms with van der Waals surface area (Å²) in [5.74, 6) is 0. The summed E-state index contributed by atoms with van der Waals surface area (Å²) >= 11 is 5.30. The Kier molecular flexibility index (Phi) is 3.00. The molecule has 0 atom stereocenters. The Labute approximate surface area is 130 Å². The molecule has 100 valence electrons. The molecule has 2 nitrogen and oxygen atoms in total. The number of hydrogen-bond acceptors (Lipinski definition) is 3. The minimum absolute atomic E-state index is 1.05. The summed E-state index contributed by atoms with van der Waals surface area (Å²) in [6, 6.07) is 14.9. The van der Waals surface area contributed by atoms with Crippen LogP contribution in [0, 0.1) is 0 Å². The number of hydrogen-bond donors (Lipinski definition) is 0. The van der Waals surface area contributed by atoms with Crippen LogP contribution in [0.2, 0.25) is 0 Å². The van der Waals surface area contributed by atoms with Crippen LogP contribution in [0.1, 0.15) is 12.0 Å². The maximum Gasteiger partial charge on any atom is 0.190 e. The lowest BCUT2D eigenvalue weighted by molar-refractivity contribution is 0.765. The zero-order valence-electron chi connectivity index (χ0n) is 10.8. The summed E-state index contributed by atoms with van der Waals surface area (Å²) in [4.78, 5) is 7.16. The molecule has 0 radical (unpaired) electrons. The zero-order chi connectivity index (χ0) is 13.5. The van der Waals surface area contributed by atoms with Crippen molar-refractivity contribution in [1.82, 2.24) is 4.98 Å². The van der Waals surface area contributed by atoms with Crippen molar-refractivity contribution in [2.24, 2.45) is 0 Å². The van der Waals surface area contributed by atoms with Crippen molar-refractivity contribution in [3.05, 3.63) is 52.5 Å². The zero-order valence-corrected chi connectivity index (χ0v) is 13.2. The van der Waals surface area contributed by atoms with Gasteiger partial charge in [0.2, 0.25) is 0 Å². The number of rotatable bonds is 1. The van der Waals surface area contributed by atoms with Crippen LogP contribution >= 0.6 is 27.3 Å². The van der Waals surface area contributed by atoms with Gasteiger partial charge in [-0.2, -0.15) is 0 Å². The van der Waals surface area contributed by atoms with Gasteiger partial charge >= 0.3 is 0 Å². The molecule has 2 aromatic carbocycles. The standard InChI is InChI=1S/C16H13BrN2S/c17-12-7-8-13-15(10-12)20-16(18-13)19-9-3-5-11-4-1-2-6-14(11)19/h1-2,4,6-8,10H,3,5,9H2. The minimum atomic E-state index is 1.05. The van der Waals surface area contributed by atoms with E-state index in [2.05, 4.69) is 63.3 Å². The first-order chi connectivity index (χ1) is 9.81. The number of anilines is 2. The Bertz CT molecular complexity index is 781. The highest BCUT2D eigenvalue weighted by Crippen LogP contribution is 2.38. The van der Waals surface area contributed by atoms with Crippen molar-refractivity contribution in [3.63, 3.8) is 0 Å². The number of fused-ring (bicyclic) bond motifs is 2. The summed E-state index contributed by atoms with van der Waals surface area (Å²) in [7, 11) is 0. The summed E-state index contributed by atoms with van der Waals surface area (Å²) in [6.07, 6.45) is 2.36. The Balaban J connectivity index is 1.84. The Hall–Kier alpha value is -1.39. The Morgan fingerprint density at radius 3 is 3.00 bits per heavy atom. The van der Waals surface area contributed by atoms with E-state index in [0.29, 0.717) is 0 Å². The molecule has 1 aliphatic heterocycles. The van der Waals surface area contributed by atoms with Gasteiger partial charge < -0.3 is 4.90 Å². The second-order valence-electron chi connectivity index (χ2n) is 4.99. The predicted molar refractivity (Wildman–Crippen MR) is 89.1 cm³/mol. The quantitative estimate of drug-likeness (QED) is 0.607. The molecule has 0 unspecified atom stereocenters. The van der Waals surface area contributed by atoms with Gasteiger partial charge in [0.15, 0.2) is 5.13 Å². The number of thiazole rings is 1. The van der Waals surface area contributed by atoms with E-state index < -0.39 is 0 Å². The second-order valence-corrected chi connectivity index (χ2v) is 6.92. The van der Waals surface area contributed by atoms with Crippen LogP contribution in [0.5, 0.6) is 0 Å². The molecule has 4 heteroatoms. The number of halogens is 1. The van der Waals surface area contributed by atoms with Gasteiger partial charge in [-0.15, -0.1) is 0 Å². The molecule has 0 saturated heterocycles. The van der Waals surface area contributed by atoms with Crippen LogP contribution in [0.15, 0.2) is 46.9 Å². The lowest BCUT2D eigenvalue weighted by atomic mass is 10.0. The summed E-state index contributed by atoms with van der Waals surface area (Å²) in [6.45, 7) is 1.05. The molecule has 0 fully saturated rings. The average molecular weight is 345 g/mol. The van der Waals surface area contributed by atoms with Crippen molar-refractivity contribution < 1.29 is 0 Å². The van der Waals surface area contributed by atoms with Gasteiger partial charge in [-0.1, -0.05) is 45.5 Å². The minimum Gasteiger partial charge on any atom is -0.318 e. The van der Waals surface area contributed by atoms with E-state index in [1.54, 1.807) is 11.3 Å². The van der Waals surface area contributed by atoms with Gasteiger partial charge in [0.1, 0.15) is 0 Å². The van der Waals surface area contributed by atoms with Crippen molar-refractivity contribution in [2.75, 3.05) is 11.4 Å². The van der Waals surface area contributed by atoms with Gasteiger partial charge in [-0.3, -0.25) is 0 Å². The van der Waals surface area contributed by atoms with E-state index in [4.69, 9.17) is 4.98 Å². The SMILES string of the molecule is Brc1ccc2nc(N3CCCc4ccccc43)sc2c1. The largest absolute Gasteiger partial charge is 0.318 e. The fourth-order valence-corrected chi connectivity index (χ4v) is 4.29. The smallest absolute Gasteiger partial charge is 0.190 e. The van der Waals surface area contributed by atoms with E-state index in [0.717, 1.165) is 21.7 Å². The molecule has 0 bridgehead atoms. The highest BCUT2D eigenvalue weighted by molar-refractivity contribution is 9.10.